The number of anilines is 4. The SMILES string of the molecule is COc1ccc(CN(c2ncc(Cl)s2)S(=O)(=O)c2cc(Cl)c(Nc3ccccc3N(C)CCN(C)C(=O)O)cc2F)c(OC)c1. The predicted octanol–water partition coefficient (Wildman–Crippen LogP) is 6.79. The van der Waals surface area contributed by atoms with Crippen LogP contribution in [0.2, 0.25) is 9.36 Å². The summed E-state index contributed by atoms with van der Waals surface area (Å²) < 4.78 is 55.7. The number of halogens is 3. The number of sulfonamides is 1. The standard InChI is InChI=1S/C29H30Cl2FN5O6S2/c1-35(11-12-36(2)29(38)39)24-8-6-5-7-22(24)34-23-15-21(32)26(14-20(23)30)45(40,41)37(28-33-16-27(31)44-28)17-18-9-10-19(42-3)13-25(18)43-4/h5-10,13-16,34H,11-12,17H2,1-4H3,(H,38,39). The number of hydrogen-bond acceptors (Lipinski definition) is 9. The van der Waals surface area contributed by atoms with Crippen LogP contribution in [0.15, 0.2) is 65.7 Å². The molecule has 0 unspecified atom stereocenters. The Labute approximate surface area is 274 Å². The van der Waals surface area contributed by atoms with Gasteiger partial charge in [0.15, 0.2) is 0 Å². The number of hydrogen-bond donors (Lipinski definition) is 2. The second-order valence-corrected chi connectivity index (χ2v) is 13.5. The van der Waals surface area contributed by atoms with Crippen LogP contribution in [0.5, 0.6) is 11.5 Å². The maximum absolute atomic E-state index is 15.8. The molecule has 2 N–H and O–H groups in total. The van der Waals surface area contributed by atoms with Gasteiger partial charge in [-0.3, -0.25) is 0 Å². The quantitative estimate of drug-likeness (QED) is 0.155. The topological polar surface area (TPSA) is 125 Å². The number of rotatable bonds is 13. The zero-order chi connectivity index (χ0) is 32.9. The van der Waals surface area contributed by atoms with Crippen molar-refractivity contribution >= 4 is 72.8 Å². The van der Waals surface area contributed by atoms with Crippen molar-refractivity contribution in [3.63, 3.8) is 0 Å². The number of nitrogens with one attached hydrogen (secondary N) is 1. The van der Waals surface area contributed by atoms with Gasteiger partial charge in [0.2, 0.25) is 5.13 Å². The molecule has 4 rings (SSSR count). The third kappa shape index (κ3) is 7.82. The first-order valence-corrected chi connectivity index (χ1v) is 16.2. The van der Waals surface area contributed by atoms with Gasteiger partial charge >= 0.3 is 6.09 Å². The maximum Gasteiger partial charge on any atom is 0.407 e. The molecule has 0 aliphatic rings. The first-order valence-electron chi connectivity index (χ1n) is 13.2. The van der Waals surface area contributed by atoms with E-state index in [0.717, 1.165) is 32.7 Å². The van der Waals surface area contributed by atoms with Crippen LogP contribution in [0.1, 0.15) is 5.56 Å². The molecular formula is C29H30Cl2FN5O6S2. The molecule has 1 aromatic heterocycles. The van der Waals surface area contributed by atoms with Crippen LogP contribution in [0.3, 0.4) is 0 Å². The molecule has 1 heterocycles. The zero-order valence-corrected chi connectivity index (χ0v) is 27.8. The summed E-state index contributed by atoms with van der Waals surface area (Å²) in [6.07, 6.45) is 0.256. The number of amides is 1. The molecular weight excluding hydrogens is 668 g/mol. The van der Waals surface area contributed by atoms with Gasteiger partial charge in [-0.1, -0.05) is 46.7 Å². The number of nitrogens with zero attached hydrogens (tertiary/aromatic N) is 4. The minimum absolute atomic E-state index is 0.0149. The highest BCUT2D eigenvalue weighted by molar-refractivity contribution is 7.93. The van der Waals surface area contributed by atoms with Crippen LogP contribution in [0, 0.1) is 5.82 Å². The predicted molar refractivity (Wildman–Crippen MR) is 175 cm³/mol. The summed E-state index contributed by atoms with van der Waals surface area (Å²) in [4.78, 5) is 17.6. The van der Waals surface area contributed by atoms with E-state index in [1.54, 1.807) is 49.5 Å². The van der Waals surface area contributed by atoms with Gasteiger partial charge in [0.25, 0.3) is 10.0 Å². The number of carboxylic acid groups (broad SMARTS) is 1. The summed E-state index contributed by atoms with van der Waals surface area (Å²) in [5, 5.41) is 12.2. The van der Waals surface area contributed by atoms with Gasteiger partial charge in [0.05, 0.1) is 49.0 Å². The number of methoxy groups -OCH3 is 2. The lowest BCUT2D eigenvalue weighted by Crippen LogP contribution is -2.34. The van der Waals surface area contributed by atoms with Crippen LogP contribution >= 0.6 is 34.5 Å². The first kappa shape index (κ1) is 33.9. The van der Waals surface area contributed by atoms with Crippen molar-refractivity contribution in [2.45, 2.75) is 11.4 Å². The molecule has 0 aliphatic carbocycles. The molecule has 0 fully saturated rings. The van der Waals surface area contributed by atoms with Gasteiger partial charge in [-0.05, 0) is 30.3 Å². The van der Waals surface area contributed by atoms with Crippen molar-refractivity contribution in [3.8, 4) is 11.5 Å². The van der Waals surface area contributed by atoms with Gasteiger partial charge < -0.3 is 29.7 Å². The van der Waals surface area contributed by atoms with Gasteiger partial charge in [-0.25, -0.2) is 26.9 Å². The van der Waals surface area contributed by atoms with E-state index in [2.05, 4.69) is 10.3 Å². The third-order valence-electron chi connectivity index (χ3n) is 6.76. The van der Waals surface area contributed by atoms with Gasteiger partial charge in [-0.15, -0.1) is 0 Å². The summed E-state index contributed by atoms with van der Waals surface area (Å²) in [5.41, 5.74) is 1.82. The summed E-state index contributed by atoms with van der Waals surface area (Å²) >= 11 is 13.6. The maximum atomic E-state index is 15.8. The van der Waals surface area contributed by atoms with Crippen molar-refractivity contribution in [1.82, 2.24) is 9.88 Å². The molecule has 3 aromatic carbocycles. The molecule has 4 aromatic rings. The van der Waals surface area contributed by atoms with Gasteiger partial charge in [-0.2, -0.15) is 0 Å². The molecule has 1 amide bonds. The average Bonchev–Trinajstić information content (AvgIpc) is 3.45. The Hall–Kier alpha value is -3.98. The lowest BCUT2D eigenvalue weighted by atomic mass is 10.2. The van der Waals surface area contributed by atoms with E-state index < -0.39 is 26.8 Å². The molecule has 0 saturated heterocycles. The molecule has 11 nitrogen and oxygen atoms in total. The van der Waals surface area contributed by atoms with Crippen LogP contribution in [-0.4, -0.2) is 70.9 Å². The van der Waals surface area contributed by atoms with Crippen LogP contribution in [0.25, 0.3) is 0 Å². The second-order valence-electron chi connectivity index (χ2n) is 9.67. The van der Waals surface area contributed by atoms with Crippen LogP contribution in [0.4, 0.5) is 31.4 Å². The zero-order valence-electron chi connectivity index (χ0n) is 24.6. The smallest absolute Gasteiger partial charge is 0.407 e. The summed E-state index contributed by atoms with van der Waals surface area (Å²) in [7, 11) is 1.60. The largest absolute Gasteiger partial charge is 0.497 e. The van der Waals surface area contributed by atoms with Crippen molar-refractivity contribution in [2.75, 3.05) is 55.9 Å². The monoisotopic (exact) mass is 697 g/mol. The Bertz CT molecular complexity index is 1790. The van der Waals surface area contributed by atoms with Crippen molar-refractivity contribution in [3.05, 3.63) is 81.5 Å². The van der Waals surface area contributed by atoms with Crippen LogP contribution in [-0.2, 0) is 16.6 Å². The van der Waals surface area contributed by atoms with Crippen molar-refractivity contribution < 1.29 is 32.2 Å². The lowest BCUT2D eigenvalue weighted by Gasteiger charge is -2.25. The molecule has 0 radical (unpaired) electrons. The highest BCUT2D eigenvalue weighted by Gasteiger charge is 2.32. The molecule has 0 saturated carbocycles. The third-order valence-corrected chi connectivity index (χ3v) is 10.1. The number of thiazole rings is 1. The van der Waals surface area contributed by atoms with Gasteiger partial charge in [0.1, 0.15) is 26.5 Å². The van der Waals surface area contributed by atoms with Gasteiger partial charge in [0, 0.05) is 44.9 Å². The molecule has 0 bridgehead atoms. The van der Waals surface area contributed by atoms with E-state index in [4.69, 9.17) is 37.8 Å². The second kappa shape index (κ2) is 14.4. The Morgan fingerprint density at radius 2 is 1.78 bits per heavy atom. The molecule has 0 atom stereocenters. The Morgan fingerprint density at radius 3 is 2.42 bits per heavy atom. The fourth-order valence-electron chi connectivity index (χ4n) is 4.27. The highest BCUT2D eigenvalue weighted by Crippen LogP contribution is 2.38. The number of aromatic nitrogens is 1. The fraction of sp³-hybridized carbons (Fsp3) is 0.241. The summed E-state index contributed by atoms with van der Waals surface area (Å²) in [5.74, 6) is -0.192. The Morgan fingerprint density at radius 1 is 1.04 bits per heavy atom. The Balaban J connectivity index is 1.68. The molecule has 0 aliphatic heterocycles. The normalized spacial score (nSPS) is 11.2. The highest BCUT2D eigenvalue weighted by atomic mass is 35.5. The lowest BCUT2D eigenvalue weighted by molar-refractivity contribution is 0.157. The number of ether oxygens (including phenoxy) is 2. The minimum atomic E-state index is -4.58. The molecule has 0 spiro atoms. The number of carbonyl (C=O) groups is 1. The molecule has 240 valence electrons. The first-order chi connectivity index (χ1) is 21.3. The minimum Gasteiger partial charge on any atom is -0.497 e. The van der Waals surface area contributed by atoms with Crippen molar-refractivity contribution in [2.24, 2.45) is 0 Å². The molecule has 45 heavy (non-hydrogen) atoms. The average molecular weight is 699 g/mol. The number of likely N-dealkylation sites (N-methyl/N-ethyl adjacent to an activating group) is 2. The summed E-state index contributed by atoms with van der Waals surface area (Å²) in [6, 6.07) is 14.0. The van der Waals surface area contributed by atoms with E-state index in [9.17, 15) is 13.2 Å². The number of benzene rings is 3. The summed E-state index contributed by atoms with van der Waals surface area (Å²) in [6.45, 7) is 0.356. The van der Waals surface area contributed by atoms with E-state index in [1.165, 1.54) is 27.5 Å². The van der Waals surface area contributed by atoms with E-state index in [-0.39, 0.29) is 33.3 Å². The van der Waals surface area contributed by atoms with Crippen LogP contribution < -0.4 is 24.0 Å². The fourth-order valence-corrected chi connectivity index (χ4v) is 7.13. The number of para-hydroxylation sites is 2. The van der Waals surface area contributed by atoms with E-state index in [1.807, 2.05) is 4.90 Å². The van der Waals surface area contributed by atoms with E-state index >= 15 is 4.39 Å². The van der Waals surface area contributed by atoms with E-state index in [0.29, 0.717) is 35.0 Å². The van der Waals surface area contributed by atoms with Crippen molar-refractivity contribution in [1.29, 1.82) is 0 Å². The Kier molecular flexibility index (Phi) is 10.9. The molecule has 16 heteroatoms.